The van der Waals surface area contributed by atoms with Gasteiger partial charge in [0.15, 0.2) is 0 Å². The Labute approximate surface area is 243 Å². The molecule has 0 aliphatic rings. The maximum absolute atomic E-state index is 13.4. The van der Waals surface area contributed by atoms with Crippen molar-refractivity contribution in [2.75, 3.05) is 11.8 Å². The first-order valence-electron chi connectivity index (χ1n) is 14.2. The molecule has 0 aliphatic carbocycles. The lowest BCUT2D eigenvalue weighted by Gasteiger charge is -2.34. The molecular weight excluding hydrogens is 540 g/mol. The van der Waals surface area contributed by atoms with Gasteiger partial charge in [0.1, 0.15) is 6.04 Å². The molecule has 2 aromatic carbocycles. The van der Waals surface area contributed by atoms with Crippen molar-refractivity contribution in [3.8, 4) is 11.1 Å². The van der Waals surface area contributed by atoms with Gasteiger partial charge in [-0.1, -0.05) is 87.7 Å². The van der Waals surface area contributed by atoms with E-state index in [0.29, 0.717) is 28.8 Å². The summed E-state index contributed by atoms with van der Waals surface area (Å²) in [5, 5.41) is 6.57. The highest BCUT2D eigenvalue weighted by Gasteiger charge is 2.33. The Morgan fingerprint density at radius 2 is 1.71 bits per heavy atom. The third-order valence-electron chi connectivity index (χ3n) is 7.53. The first kappa shape index (κ1) is 31.9. The van der Waals surface area contributed by atoms with Crippen molar-refractivity contribution in [1.29, 1.82) is 0 Å². The summed E-state index contributed by atoms with van der Waals surface area (Å²) in [4.78, 5) is 28.1. The number of nitrogens with one attached hydrogen (secondary N) is 2. The van der Waals surface area contributed by atoms with Crippen molar-refractivity contribution in [2.24, 2.45) is 5.92 Å². The Balaban J connectivity index is 1.92. The predicted molar refractivity (Wildman–Crippen MR) is 161 cm³/mol. The molecule has 41 heavy (non-hydrogen) atoms. The molecule has 0 saturated carbocycles. The van der Waals surface area contributed by atoms with Gasteiger partial charge in [0.25, 0.3) is 10.0 Å². The minimum Gasteiger partial charge on any atom is -0.357 e. The molecule has 1 aromatic heterocycles. The molecule has 0 aliphatic heterocycles. The van der Waals surface area contributed by atoms with Crippen LogP contribution in [0.4, 0.5) is 5.88 Å². The molecular formula is C31H42N4O5S. The average Bonchev–Trinajstić information content (AvgIpc) is 3.28. The standard InChI is InChI=1S/C31H42N4O5S/c1-7-9-10-15-28(36)35(29(21(3)8-2)30(37)32-6)20-24-16-18-25(19-17-24)26-13-11-12-14-27(26)41(38,39)34-31-22(4)23(5)33-40-31/h11-14,16-19,21,29,34H,7-10,15,20H2,1-6H3,(H,32,37)/t21-,29-/m0/s1. The zero-order valence-corrected chi connectivity index (χ0v) is 25.7. The van der Waals surface area contributed by atoms with Crippen LogP contribution in [0, 0.1) is 19.8 Å². The quantitative estimate of drug-likeness (QED) is 0.231. The number of amides is 2. The van der Waals surface area contributed by atoms with Gasteiger partial charge in [-0.15, -0.1) is 0 Å². The fraction of sp³-hybridized carbons (Fsp3) is 0.452. The number of carbonyl (C=O) groups excluding carboxylic acids is 2. The van der Waals surface area contributed by atoms with Crippen LogP contribution in [-0.2, 0) is 26.2 Å². The van der Waals surface area contributed by atoms with Crippen LogP contribution in [0.25, 0.3) is 11.1 Å². The van der Waals surface area contributed by atoms with Crippen LogP contribution in [0.2, 0.25) is 0 Å². The van der Waals surface area contributed by atoms with Gasteiger partial charge in [-0.05, 0) is 43.4 Å². The van der Waals surface area contributed by atoms with Gasteiger partial charge in [-0.3, -0.25) is 9.59 Å². The van der Waals surface area contributed by atoms with E-state index in [1.54, 1.807) is 50.1 Å². The number of nitrogens with zero attached hydrogens (tertiary/aromatic N) is 2. The summed E-state index contributed by atoms with van der Waals surface area (Å²) in [6, 6.07) is 13.6. The lowest BCUT2D eigenvalue weighted by Crippen LogP contribution is -2.51. The van der Waals surface area contributed by atoms with E-state index in [-0.39, 0.29) is 35.1 Å². The van der Waals surface area contributed by atoms with Crippen LogP contribution in [0.3, 0.4) is 0 Å². The second kappa shape index (κ2) is 14.3. The van der Waals surface area contributed by atoms with Crippen LogP contribution in [-0.4, -0.2) is 43.4 Å². The molecule has 0 unspecified atom stereocenters. The first-order chi connectivity index (χ1) is 19.5. The van der Waals surface area contributed by atoms with E-state index >= 15 is 0 Å². The SMILES string of the molecule is CCCCCC(=O)N(Cc1ccc(-c2ccccc2S(=O)(=O)Nc2onc(C)c2C)cc1)[C@H](C(=O)NC)[C@@H](C)CC. The molecule has 2 atom stereocenters. The monoisotopic (exact) mass is 582 g/mol. The maximum atomic E-state index is 13.4. The van der Waals surface area contributed by atoms with Gasteiger partial charge < -0.3 is 14.7 Å². The van der Waals surface area contributed by atoms with E-state index in [2.05, 4.69) is 22.1 Å². The molecule has 0 spiro atoms. The van der Waals surface area contributed by atoms with Gasteiger partial charge in [0.2, 0.25) is 17.7 Å². The summed E-state index contributed by atoms with van der Waals surface area (Å²) in [6.07, 6.45) is 3.87. The largest absolute Gasteiger partial charge is 0.357 e. The minimum absolute atomic E-state index is 0.0225. The van der Waals surface area contributed by atoms with E-state index in [9.17, 15) is 18.0 Å². The lowest BCUT2D eigenvalue weighted by molar-refractivity contribution is -0.143. The number of sulfonamides is 1. The molecule has 2 N–H and O–H groups in total. The van der Waals surface area contributed by atoms with E-state index in [1.807, 2.05) is 38.1 Å². The number of unbranched alkanes of at least 4 members (excludes halogenated alkanes) is 2. The first-order valence-corrected chi connectivity index (χ1v) is 15.7. The van der Waals surface area contributed by atoms with Crippen molar-refractivity contribution in [3.63, 3.8) is 0 Å². The maximum Gasteiger partial charge on any atom is 0.264 e. The normalized spacial score (nSPS) is 12.9. The predicted octanol–water partition coefficient (Wildman–Crippen LogP) is 5.83. The van der Waals surface area contributed by atoms with E-state index in [1.165, 1.54) is 0 Å². The summed E-state index contributed by atoms with van der Waals surface area (Å²) in [5.41, 5.74) is 3.30. The van der Waals surface area contributed by atoms with Crippen molar-refractivity contribution >= 4 is 27.7 Å². The Morgan fingerprint density at radius 1 is 1.02 bits per heavy atom. The number of benzene rings is 2. The van der Waals surface area contributed by atoms with Gasteiger partial charge in [-0.2, -0.15) is 0 Å². The summed E-state index contributed by atoms with van der Waals surface area (Å²) in [5.74, 6) is -0.158. The number of rotatable bonds is 14. The molecule has 1 heterocycles. The van der Waals surface area contributed by atoms with Crippen molar-refractivity contribution in [3.05, 3.63) is 65.4 Å². The third-order valence-corrected chi connectivity index (χ3v) is 8.92. The summed E-state index contributed by atoms with van der Waals surface area (Å²) in [6.45, 7) is 9.85. The number of hydrogen-bond donors (Lipinski definition) is 2. The average molecular weight is 583 g/mol. The zero-order valence-electron chi connectivity index (χ0n) is 24.9. The summed E-state index contributed by atoms with van der Waals surface area (Å²) < 4.78 is 34.3. The van der Waals surface area contributed by atoms with Crippen LogP contribution in [0.5, 0.6) is 0 Å². The van der Waals surface area contributed by atoms with Gasteiger partial charge in [0.05, 0.1) is 10.6 Å². The van der Waals surface area contributed by atoms with Crippen LogP contribution < -0.4 is 10.0 Å². The minimum atomic E-state index is -3.97. The number of carbonyl (C=O) groups is 2. The molecule has 3 aromatic rings. The van der Waals surface area contributed by atoms with Gasteiger partial charge in [0, 0.05) is 31.1 Å². The third kappa shape index (κ3) is 7.75. The Morgan fingerprint density at radius 3 is 2.29 bits per heavy atom. The number of hydrogen-bond acceptors (Lipinski definition) is 6. The molecule has 0 bridgehead atoms. The van der Waals surface area contributed by atoms with Crippen molar-refractivity contribution < 1.29 is 22.5 Å². The topological polar surface area (TPSA) is 122 Å². The smallest absolute Gasteiger partial charge is 0.264 e. The number of aryl methyl sites for hydroxylation is 1. The van der Waals surface area contributed by atoms with E-state index < -0.39 is 16.1 Å². The summed E-state index contributed by atoms with van der Waals surface area (Å²) in [7, 11) is -2.38. The van der Waals surface area contributed by atoms with Crippen molar-refractivity contribution in [2.45, 2.75) is 84.2 Å². The Bertz CT molecular complexity index is 1430. The number of aromatic nitrogens is 1. The van der Waals surface area contributed by atoms with Crippen LogP contribution in [0.15, 0.2) is 57.9 Å². The highest BCUT2D eigenvalue weighted by atomic mass is 32.2. The molecule has 3 rings (SSSR count). The van der Waals surface area contributed by atoms with E-state index in [0.717, 1.165) is 31.2 Å². The Hall–Kier alpha value is -3.66. The van der Waals surface area contributed by atoms with Crippen LogP contribution in [0.1, 0.15) is 69.7 Å². The summed E-state index contributed by atoms with van der Waals surface area (Å²) >= 11 is 0. The van der Waals surface area contributed by atoms with Crippen LogP contribution >= 0.6 is 0 Å². The fourth-order valence-electron chi connectivity index (χ4n) is 4.70. The molecule has 10 heteroatoms. The Kier molecular flexibility index (Phi) is 11.1. The second-order valence-corrected chi connectivity index (χ2v) is 12.1. The van der Waals surface area contributed by atoms with Crippen molar-refractivity contribution in [1.82, 2.24) is 15.4 Å². The zero-order chi connectivity index (χ0) is 30.2. The van der Waals surface area contributed by atoms with Gasteiger partial charge in [-0.25, -0.2) is 13.1 Å². The molecule has 0 fully saturated rings. The molecule has 0 saturated heterocycles. The van der Waals surface area contributed by atoms with E-state index in [4.69, 9.17) is 4.52 Å². The van der Waals surface area contributed by atoms with Gasteiger partial charge >= 0.3 is 0 Å². The highest BCUT2D eigenvalue weighted by molar-refractivity contribution is 7.92. The molecule has 2 amide bonds. The fourth-order valence-corrected chi connectivity index (χ4v) is 5.98. The molecule has 9 nitrogen and oxygen atoms in total. The number of likely N-dealkylation sites (N-methyl/N-ethyl adjacent to an activating group) is 1. The molecule has 222 valence electrons. The number of anilines is 1. The second-order valence-electron chi connectivity index (χ2n) is 10.4. The highest BCUT2D eigenvalue weighted by Crippen LogP contribution is 2.30. The molecule has 0 radical (unpaired) electrons. The lowest BCUT2D eigenvalue weighted by atomic mass is 9.95.